The topological polar surface area (TPSA) is 29.1 Å². The van der Waals surface area contributed by atoms with E-state index in [9.17, 15) is 4.79 Å². The van der Waals surface area contributed by atoms with Gasteiger partial charge in [-0.15, -0.1) is 11.8 Å². The monoisotopic (exact) mass is 355 g/mol. The highest BCUT2D eigenvalue weighted by molar-refractivity contribution is 7.98. The Labute approximate surface area is 156 Å². The van der Waals surface area contributed by atoms with Crippen LogP contribution in [0.5, 0.6) is 0 Å². The molecule has 2 nitrogen and oxygen atoms in total. The van der Waals surface area contributed by atoms with Gasteiger partial charge in [-0.2, -0.15) is 0 Å². The minimum atomic E-state index is 0.0391. The van der Waals surface area contributed by atoms with Crippen LogP contribution in [0.25, 0.3) is 0 Å². The van der Waals surface area contributed by atoms with Gasteiger partial charge in [-0.05, 0) is 42.2 Å². The Morgan fingerprint density at radius 1 is 1.04 bits per heavy atom. The van der Waals surface area contributed by atoms with Crippen LogP contribution in [0.4, 0.5) is 0 Å². The number of unbranched alkanes of at least 4 members (excludes halogenated alkanes) is 1. The number of benzene rings is 2. The van der Waals surface area contributed by atoms with Crippen molar-refractivity contribution in [1.29, 1.82) is 0 Å². The quantitative estimate of drug-likeness (QED) is 0.536. The van der Waals surface area contributed by atoms with Gasteiger partial charge >= 0.3 is 0 Å². The lowest BCUT2D eigenvalue weighted by atomic mass is 9.99. The first-order valence-corrected chi connectivity index (χ1v) is 10.3. The maximum Gasteiger partial charge on any atom is 0.251 e. The fourth-order valence-corrected chi connectivity index (χ4v) is 3.59. The third-order valence-corrected chi connectivity index (χ3v) is 5.54. The van der Waals surface area contributed by atoms with Crippen molar-refractivity contribution in [1.82, 2.24) is 5.32 Å². The Balaban J connectivity index is 1.81. The summed E-state index contributed by atoms with van der Waals surface area (Å²) in [5, 5.41) is 3.09. The van der Waals surface area contributed by atoms with Crippen LogP contribution in [0.15, 0.2) is 59.5 Å². The predicted octanol–water partition coefficient (Wildman–Crippen LogP) is 5.93. The van der Waals surface area contributed by atoms with E-state index in [-0.39, 0.29) is 5.91 Å². The number of carbonyl (C=O) groups excluding carboxylic acids is 1. The van der Waals surface area contributed by atoms with E-state index in [1.165, 1.54) is 29.7 Å². The molecule has 0 spiro atoms. The van der Waals surface area contributed by atoms with Crippen molar-refractivity contribution in [3.05, 3.63) is 65.7 Å². The van der Waals surface area contributed by atoms with Crippen LogP contribution < -0.4 is 5.32 Å². The van der Waals surface area contributed by atoms with E-state index in [1.54, 1.807) is 0 Å². The molecule has 0 radical (unpaired) electrons. The highest BCUT2D eigenvalue weighted by Crippen LogP contribution is 2.22. The summed E-state index contributed by atoms with van der Waals surface area (Å²) in [6, 6.07) is 18.4. The summed E-state index contributed by atoms with van der Waals surface area (Å²) in [6.45, 7) is 5.19. The zero-order valence-electron chi connectivity index (χ0n) is 15.3. The summed E-state index contributed by atoms with van der Waals surface area (Å²) >= 11 is 1.81. The Kier molecular flexibility index (Phi) is 8.61. The number of rotatable bonds is 10. The minimum Gasteiger partial charge on any atom is -0.352 e. The first kappa shape index (κ1) is 19.6. The van der Waals surface area contributed by atoms with Gasteiger partial charge in [0.05, 0.1) is 0 Å². The number of hydrogen-bond acceptors (Lipinski definition) is 2. The average Bonchev–Trinajstić information content (AvgIpc) is 2.67. The smallest absolute Gasteiger partial charge is 0.251 e. The van der Waals surface area contributed by atoms with Gasteiger partial charge in [0, 0.05) is 22.8 Å². The molecule has 3 heteroatoms. The summed E-state index contributed by atoms with van der Waals surface area (Å²) in [5.74, 6) is 1.54. The molecule has 0 saturated heterocycles. The fraction of sp³-hybridized carbons (Fsp3) is 0.409. The second kappa shape index (κ2) is 11.0. The number of amides is 1. The molecule has 0 bridgehead atoms. The van der Waals surface area contributed by atoms with E-state index < -0.39 is 0 Å². The van der Waals surface area contributed by atoms with Gasteiger partial charge < -0.3 is 5.32 Å². The number of nitrogens with one attached hydrogen (secondary N) is 1. The normalized spacial score (nSPS) is 11.9. The standard InChI is InChI=1S/C22H29NOS/c1-3-5-9-18(4-2)16-23-22(24)20-14-12-19(13-15-20)17-25-21-10-7-6-8-11-21/h6-8,10-15,18H,3-5,9,16-17H2,1-2H3,(H,23,24)/t18-/m1/s1. The molecule has 134 valence electrons. The van der Waals surface area contributed by atoms with Gasteiger partial charge in [0.2, 0.25) is 0 Å². The van der Waals surface area contributed by atoms with Gasteiger partial charge in [-0.1, -0.05) is 63.4 Å². The average molecular weight is 356 g/mol. The highest BCUT2D eigenvalue weighted by atomic mass is 32.2. The van der Waals surface area contributed by atoms with Crippen molar-refractivity contribution in [2.75, 3.05) is 6.54 Å². The van der Waals surface area contributed by atoms with Crippen molar-refractivity contribution >= 4 is 17.7 Å². The molecule has 0 unspecified atom stereocenters. The summed E-state index contributed by atoms with van der Waals surface area (Å²) < 4.78 is 0. The van der Waals surface area contributed by atoms with Crippen LogP contribution >= 0.6 is 11.8 Å². The molecule has 0 aliphatic heterocycles. The van der Waals surface area contributed by atoms with E-state index in [1.807, 2.05) is 30.0 Å². The number of hydrogen-bond donors (Lipinski definition) is 1. The molecule has 2 aromatic rings. The van der Waals surface area contributed by atoms with E-state index >= 15 is 0 Å². The molecule has 1 N–H and O–H groups in total. The zero-order chi connectivity index (χ0) is 17.9. The summed E-state index contributed by atoms with van der Waals surface area (Å²) in [7, 11) is 0. The molecule has 2 aromatic carbocycles. The van der Waals surface area contributed by atoms with Crippen molar-refractivity contribution in [3.8, 4) is 0 Å². The van der Waals surface area contributed by atoms with Crippen LogP contribution in [-0.2, 0) is 5.75 Å². The van der Waals surface area contributed by atoms with Crippen molar-refractivity contribution in [2.45, 2.75) is 50.2 Å². The van der Waals surface area contributed by atoms with Crippen LogP contribution in [0.1, 0.15) is 55.5 Å². The molecule has 0 aromatic heterocycles. The molecule has 25 heavy (non-hydrogen) atoms. The summed E-state index contributed by atoms with van der Waals surface area (Å²) in [4.78, 5) is 13.6. The predicted molar refractivity (Wildman–Crippen MR) is 108 cm³/mol. The molecule has 0 aliphatic carbocycles. The Morgan fingerprint density at radius 2 is 1.76 bits per heavy atom. The lowest BCUT2D eigenvalue weighted by Gasteiger charge is -2.15. The Bertz CT molecular complexity index is 624. The van der Waals surface area contributed by atoms with Gasteiger partial charge in [-0.3, -0.25) is 4.79 Å². The van der Waals surface area contributed by atoms with E-state index in [0.29, 0.717) is 5.92 Å². The second-order valence-electron chi connectivity index (χ2n) is 6.43. The lowest BCUT2D eigenvalue weighted by molar-refractivity contribution is 0.0946. The van der Waals surface area contributed by atoms with Crippen LogP contribution in [0.3, 0.4) is 0 Å². The Hall–Kier alpha value is -1.74. The Morgan fingerprint density at radius 3 is 2.40 bits per heavy atom. The molecule has 2 rings (SSSR count). The number of thioether (sulfide) groups is 1. The van der Waals surface area contributed by atoms with Crippen molar-refractivity contribution in [2.24, 2.45) is 5.92 Å². The van der Waals surface area contributed by atoms with Crippen LogP contribution in [0.2, 0.25) is 0 Å². The molecular weight excluding hydrogens is 326 g/mol. The van der Waals surface area contributed by atoms with Gasteiger partial charge in [0.15, 0.2) is 0 Å². The zero-order valence-corrected chi connectivity index (χ0v) is 16.1. The molecule has 1 amide bonds. The van der Waals surface area contributed by atoms with Crippen LogP contribution in [0, 0.1) is 5.92 Å². The van der Waals surface area contributed by atoms with Gasteiger partial charge in [0.25, 0.3) is 5.91 Å². The van der Waals surface area contributed by atoms with Crippen molar-refractivity contribution < 1.29 is 4.79 Å². The summed E-state index contributed by atoms with van der Waals surface area (Å²) in [6.07, 6.45) is 4.77. The van der Waals surface area contributed by atoms with E-state index in [2.05, 4.69) is 55.6 Å². The van der Waals surface area contributed by atoms with Gasteiger partial charge in [-0.25, -0.2) is 0 Å². The summed E-state index contributed by atoms with van der Waals surface area (Å²) in [5.41, 5.74) is 1.98. The molecule has 0 aliphatic rings. The maximum atomic E-state index is 12.3. The molecule has 1 atom stereocenters. The number of carbonyl (C=O) groups is 1. The van der Waals surface area contributed by atoms with Crippen molar-refractivity contribution in [3.63, 3.8) is 0 Å². The maximum absolute atomic E-state index is 12.3. The third-order valence-electron chi connectivity index (χ3n) is 4.46. The van der Waals surface area contributed by atoms with E-state index in [4.69, 9.17) is 0 Å². The molecule has 0 fully saturated rings. The lowest BCUT2D eigenvalue weighted by Crippen LogP contribution is -2.29. The highest BCUT2D eigenvalue weighted by Gasteiger charge is 2.10. The second-order valence-corrected chi connectivity index (χ2v) is 7.47. The first-order valence-electron chi connectivity index (χ1n) is 9.28. The largest absolute Gasteiger partial charge is 0.352 e. The van der Waals surface area contributed by atoms with E-state index in [0.717, 1.165) is 24.3 Å². The van der Waals surface area contributed by atoms with Gasteiger partial charge in [0.1, 0.15) is 0 Å². The third kappa shape index (κ3) is 6.95. The fourth-order valence-electron chi connectivity index (χ4n) is 2.72. The SMILES string of the molecule is CCCC[C@@H](CC)CNC(=O)c1ccc(CSc2ccccc2)cc1. The molecular formula is C22H29NOS. The molecule has 0 heterocycles. The molecule has 0 saturated carbocycles. The van der Waals surface area contributed by atoms with Crippen LogP contribution in [-0.4, -0.2) is 12.5 Å². The first-order chi connectivity index (χ1) is 12.2. The minimum absolute atomic E-state index is 0.0391.